The van der Waals surface area contributed by atoms with Gasteiger partial charge in [0.25, 0.3) is 5.91 Å². The topological polar surface area (TPSA) is 58.1 Å². The third-order valence-corrected chi connectivity index (χ3v) is 3.65. The minimum Gasteiger partial charge on any atom is -0.340 e. The van der Waals surface area contributed by atoms with Crippen molar-refractivity contribution in [2.75, 3.05) is 18.9 Å². The van der Waals surface area contributed by atoms with Gasteiger partial charge in [0.15, 0.2) is 0 Å². The van der Waals surface area contributed by atoms with Crippen LogP contribution in [0.4, 0.5) is 11.5 Å². The average molecular weight is 353 g/mol. The second-order valence-corrected chi connectivity index (χ2v) is 6.02. The van der Waals surface area contributed by atoms with E-state index in [1.165, 1.54) is 6.33 Å². The number of unbranched alkanes of at least 4 members (excludes halogenated alkanes) is 1. The molecule has 0 spiro atoms. The highest BCUT2D eigenvalue weighted by molar-refractivity contribution is 6.35. The van der Waals surface area contributed by atoms with Crippen molar-refractivity contribution in [2.45, 2.75) is 19.8 Å². The quantitative estimate of drug-likeness (QED) is 0.836. The molecule has 5 nitrogen and oxygen atoms in total. The van der Waals surface area contributed by atoms with E-state index in [0.29, 0.717) is 33.8 Å². The molecule has 0 saturated carbocycles. The Balaban J connectivity index is 2.14. The van der Waals surface area contributed by atoms with Crippen LogP contribution in [0.5, 0.6) is 0 Å². The van der Waals surface area contributed by atoms with Crippen molar-refractivity contribution in [3.63, 3.8) is 0 Å². The Hall–Kier alpha value is -1.85. The Labute approximate surface area is 145 Å². The summed E-state index contributed by atoms with van der Waals surface area (Å²) in [5.74, 6) is 0.374. The van der Waals surface area contributed by atoms with Crippen LogP contribution in [0.15, 0.2) is 30.6 Å². The van der Waals surface area contributed by atoms with Crippen LogP contribution in [-0.4, -0.2) is 34.4 Å². The minimum atomic E-state index is -0.131. The first-order valence-corrected chi connectivity index (χ1v) is 8.06. The number of benzene rings is 1. The molecular weight excluding hydrogens is 335 g/mol. The van der Waals surface area contributed by atoms with E-state index in [-0.39, 0.29) is 5.91 Å². The summed E-state index contributed by atoms with van der Waals surface area (Å²) in [6.07, 6.45) is 3.35. The summed E-state index contributed by atoms with van der Waals surface area (Å²) in [6, 6.07) is 6.71. The number of carbonyl (C=O) groups is 1. The minimum absolute atomic E-state index is 0.131. The van der Waals surface area contributed by atoms with Crippen LogP contribution < -0.4 is 5.32 Å². The standard InChI is InChI=1S/C16H18Cl2N4O/c1-3-4-5-22(2)16(23)14-9-15(20-10-19-14)21-13-7-11(17)6-12(18)8-13/h6-10H,3-5H2,1-2H3,(H,19,20,21). The van der Waals surface area contributed by atoms with Crippen LogP contribution in [0.1, 0.15) is 30.3 Å². The van der Waals surface area contributed by atoms with Gasteiger partial charge in [-0.2, -0.15) is 0 Å². The number of aromatic nitrogens is 2. The van der Waals surface area contributed by atoms with Crippen LogP contribution in [0.3, 0.4) is 0 Å². The summed E-state index contributed by atoms with van der Waals surface area (Å²) in [7, 11) is 1.77. The molecule has 1 N–H and O–H groups in total. The largest absolute Gasteiger partial charge is 0.340 e. The number of halogens is 2. The van der Waals surface area contributed by atoms with Gasteiger partial charge in [-0.25, -0.2) is 9.97 Å². The Kier molecular flexibility index (Phi) is 6.19. The molecule has 1 aromatic heterocycles. The lowest BCUT2D eigenvalue weighted by atomic mass is 10.3. The molecule has 0 aliphatic rings. The number of rotatable bonds is 6. The van der Waals surface area contributed by atoms with E-state index >= 15 is 0 Å². The van der Waals surface area contributed by atoms with E-state index in [9.17, 15) is 4.79 Å². The Morgan fingerprint density at radius 2 is 1.87 bits per heavy atom. The van der Waals surface area contributed by atoms with Gasteiger partial charge >= 0.3 is 0 Å². The highest BCUT2D eigenvalue weighted by Gasteiger charge is 2.13. The summed E-state index contributed by atoms with van der Waals surface area (Å²) >= 11 is 11.9. The monoisotopic (exact) mass is 352 g/mol. The molecule has 7 heteroatoms. The van der Waals surface area contributed by atoms with E-state index < -0.39 is 0 Å². The number of nitrogens with one attached hydrogen (secondary N) is 1. The highest BCUT2D eigenvalue weighted by atomic mass is 35.5. The number of anilines is 2. The molecule has 0 unspecified atom stereocenters. The lowest BCUT2D eigenvalue weighted by Gasteiger charge is -2.16. The van der Waals surface area contributed by atoms with Crippen molar-refractivity contribution in [3.05, 3.63) is 46.3 Å². The highest BCUT2D eigenvalue weighted by Crippen LogP contribution is 2.24. The zero-order chi connectivity index (χ0) is 16.8. The summed E-state index contributed by atoms with van der Waals surface area (Å²) in [4.78, 5) is 22.2. The average Bonchev–Trinajstić information content (AvgIpc) is 2.51. The first-order valence-electron chi connectivity index (χ1n) is 7.30. The zero-order valence-electron chi connectivity index (χ0n) is 13.0. The fourth-order valence-electron chi connectivity index (χ4n) is 2.01. The fourth-order valence-corrected chi connectivity index (χ4v) is 2.53. The maximum atomic E-state index is 12.3. The van der Waals surface area contributed by atoms with Gasteiger partial charge in [0, 0.05) is 35.4 Å². The predicted octanol–water partition coefficient (Wildman–Crippen LogP) is 4.40. The van der Waals surface area contributed by atoms with Crippen LogP contribution in [-0.2, 0) is 0 Å². The molecule has 1 heterocycles. The number of amides is 1. The molecule has 1 aromatic carbocycles. The summed E-state index contributed by atoms with van der Waals surface area (Å²) in [5, 5.41) is 4.11. The maximum absolute atomic E-state index is 12.3. The molecule has 0 saturated heterocycles. The van der Waals surface area contributed by atoms with Gasteiger partial charge in [0.2, 0.25) is 0 Å². The van der Waals surface area contributed by atoms with E-state index in [4.69, 9.17) is 23.2 Å². The molecular formula is C16H18Cl2N4O. The molecule has 1 amide bonds. The molecule has 0 aliphatic heterocycles. The third-order valence-electron chi connectivity index (χ3n) is 3.21. The Bertz CT molecular complexity index is 673. The summed E-state index contributed by atoms with van der Waals surface area (Å²) in [5.41, 5.74) is 1.04. The number of hydrogen-bond acceptors (Lipinski definition) is 4. The number of hydrogen-bond donors (Lipinski definition) is 1. The van der Waals surface area contributed by atoms with Crippen molar-refractivity contribution < 1.29 is 4.79 Å². The molecule has 2 rings (SSSR count). The van der Waals surface area contributed by atoms with E-state index in [2.05, 4.69) is 22.2 Å². The Morgan fingerprint density at radius 3 is 2.52 bits per heavy atom. The van der Waals surface area contributed by atoms with Crippen molar-refractivity contribution >= 4 is 40.6 Å². The fraction of sp³-hybridized carbons (Fsp3) is 0.312. The van der Waals surface area contributed by atoms with Crippen molar-refractivity contribution in [3.8, 4) is 0 Å². The zero-order valence-corrected chi connectivity index (χ0v) is 14.5. The lowest BCUT2D eigenvalue weighted by Crippen LogP contribution is -2.28. The summed E-state index contributed by atoms with van der Waals surface area (Å²) in [6.45, 7) is 2.78. The molecule has 0 aliphatic carbocycles. The maximum Gasteiger partial charge on any atom is 0.272 e. The second-order valence-electron chi connectivity index (χ2n) is 5.15. The smallest absolute Gasteiger partial charge is 0.272 e. The first kappa shape index (κ1) is 17.5. The van der Waals surface area contributed by atoms with Crippen molar-refractivity contribution in [1.82, 2.24) is 14.9 Å². The molecule has 122 valence electrons. The van der Waals surface area contributed by atoms with Gasteiger partial charge in [-0.15, -0.1) is 0 Å². The van der Waals surface area contributed by atoms with Crippen LogP contribution in [0.25, 0.3) is 0 Å². The second kappa shape index (κ2) is 8.13. The molecule has 0 bridgehead atoms. The molecule has 23 heavy (non-hydrogen) atoms. The van der Waals surface area contributed by atoms with Gasteiger partial charge in [-0.3, -0.25) is 4.79 Å². The third kappa shape index (κ3) is 5.08. The van der Waals surface area contributed by atoms with Gasteiger partial charge in [-0.1, -0.05) is 36.5 Å². The van der Waals surface area contributed by atoms with Gasteiger partial charge < -0.3 is 10.2 Å². The molecule has 0 radical (unpaired) electrons. The first-order chi connectivity index (χ1) is 11.0. The predicted molar refractivity (Wildman–Crippen MR) is 93.6 cm³/mol. The SMILES string of the molecule is CCCCN(C)C(=O)c1cc(Nc2cc(Cl)cc(Cl)c2)ncn1. The van der Waals surface area contributed by atoms with Crippen LogP contribution >= 0.6 is 23.2 Å². The summed E-state index contributed by atoms with van der Waals surface area (Å²) < 4.78 is 0. The molecule has 0 fully saturated rings. The molecule has 2 aromatic rings. The van der Waals surface area contributed by atoms with Gasteiger partial charge in [0.05, 0.1) is 0 Å². The van der Waals surface area contributed by atoms with Gasteiger partial charge in [-0.05, 0) is 24.6 Å². The van der Waals surface area contributed by atoms with Gasteiger partial charge in [0.1, 0.15) is 17.8 Å². The van der Waals surface area contributed by atoms with Crippen LogP contribution in [0, 0.1) is 0 Å². The van der Waals surface area contributed by atoms with E-state index in [1.807, 2.05) is 0 Å². The van der Waals surface area contributed by atoms with Crippen molar-refractivity contribution in [2.24, 2.45) is 0 Å². The Morgan fingerprint density at radius 1 is 1.17 bits per heavy atom. The number of nitrogens with zero attached hydrogens (tertiary/aromatic N) is 3. The molecule has 0 atom stereocenters. The lowest BCUT2D eigenvalue weighted by molar-refractivity contribution is 0.0787. The normalized spacial score (nSPS) is 10.4. The van der Waals surface area contributed by atoms with E-state index in [0.717, 1.165) is 12.8 Å². The van der Waals surface area contributed by atoms with Crippen molar-refractivity contribution in [1.29, 1.82) is 0 Å². The number of carbonyl (C=O) groups excluding carboxylic acids is 1. The van der Waals surface area contributed by atoms with Crippen LogP contribution in [0.2, 0.25) is 10.0 Å². The van der Waals surface area contributed by atoms with E-state index in [1.54, 1.807) is 36.2 Å².